The van der Waals surface area contributed by atoms with Crippen molar-refractivity contribution < 1.29 is 5.11 Å². The first kappa shape index (κ1) is 20.6. The molecule has 0 fully saturated rings. The van der Waals surface area contributed by atoms with Crippen molar-refractivity contribution in [3.05, 3.63) is 57.7 Å². The third kappa shape index (κ3) is 4.90. The molecule has 1 atom stereocenters. The molecule has 0 bridgehead atoms. The van der Waals surface area contributed by atoms with Gasteiger partial charge in [-0.2, -0.15) is 0 Å². The minimum Gasteiger partial charge on any atom is -0.386 e. The highest BCUT2D eigenvalue weighted by Crippen LogP contribution is 2.34. The summed E-state index contributed by atoms with van der Waals surface area (Å²) in [5, 5.41) is 19.8. The van der Waals surface area contributed by atoms with E-state index < -0.39 is 6.10 Å². The first-order valence-electron chi connectivity index (χ1n) is 9.02. The summed E-state index contributed by atoms with van der Waals surface area (Å²) in [6, 6.07) is 3.88. The van der Waals surface area contributed by atoms with Gasteiger partial charge < -0.3 is 15.7 Å². The lowest BCUT2D eigenvalue weighted by atomic mass is 10.3. The Bertz CT molecular complexity index is 1130. The van der Waals surface area contributed by atoms with Gasteiger partial charge in [0.25, 0.3) is 0 Å². The molecule has 4 heterocycles. The number of anilines is 3. The molecule has 0 aliphatic heterocycles. The fourth-order valence-electron chi connectivity index (χ4n) is 2.59. The number of thiazole rings is 2. The third-order valence-electron chi connectivity index (χ3n) is 4.08. The Hall–Kier alpha value is -2.66. The van der Waals surface area contributed by atoms with Gasteiger partial charge in [-0.15, -0.1) is 22.7 Å². The molecule has 0 radical (unpaired) electrons. The van der Waals surface area contributed by atoms with Crippen LogP contribution in [-0.2, 0) is 6.54 Å². The van der Waals surface area contributed by atoms with Crippen molar-refractivity contribution in [2.24, 2.45) is 0 Å². The van der Waals surface area contributed by atoms with Crippen LogP contribution in [0.5, 0.6) is 0 Å². The Kier molecular flexibility index (Phi) is 6.18. The van der Waals surface area contributed by atoms with E-state index in [2.05, 4.69) is 35.6 Å². The lowest BCUT2D eigenvalue weighted by Gasteiger charge is -2.06. The molecule has 0 saturated heterocycles. The molecule has 0 aliphatic rings. The van der Waals surface area contributed by atoms with Gasteiger partial charge in [0, 0.05) is 18.1 Å². The number of aliphatic hydroxyl groups is 1. The summed E-state index contributed by atoms with van der Waals surface area (Å²) in [6.45, 7) is 4.23. The van der Waals surface area contributed by atoms with E-state index >= 15 is 0 Å². The molecule has 0 aliphatic carbocycles. The number of nitrogens with zero attached hydrogens (tertiary/aromatic N) is 5. The van der Waals surface area contributed by atoms with Gasteiger partial charge >= 0.3 is 0 Å². The molecule has 11 heteroatoms. The summed E-state index contributed by atoms with van der Waals surface area (Å²) in [5.74, 6) is 0.708. The highest BCUT2D eigenvalue weighted by molar-refractivity contribution is 7.17. The number of aromatic nitrogens is 5. The quantitative estimate of drug-likeness (QED) is 0.337. The predicted octanol–water partition coefficient (Wildman–Crippen LogP) is 4.82. The highest BCUT2D eigenvalue weighted by atomic mass is 35.5. The molecule has 0 saturated carbocycles. The number of pyridine rings is 1. The van der Waals surface area contributed by atoms with Crippen LogP contribution in [-0.4, -0.2) is 30.0 Å². The minimum atomic E-state index is -0.580. The molecule has 0 amide bonds. The topological polar surface area (TPSA) is 109 Å². The lowest BCUT2D eigenvalue weighted by molar-refractivity contribution is 0.198. The number of nitrogens with one attached hydrogen (secondary N) is 2. The molecule has 4 aromatic rings. The summed E-state index contributed by atoms with van der Waals surface area (Å²) in [4.78, 5) is 22.3. The summed E-state index contributed by atoms with van der Waals surface area (Å²) < 4.78 is 0. The van der Waals surface area contributed by atoms with E-state index in [4.69, 9.17) is 11.6 Å². The Morgan fingerprint density at radius 3 is 2.60 bits per heavy atom. The molecule has 0 aromatic carbocycles. The maximum absolute atomic E-state index is 9.74. The van der Waals surface area contributed by atoms with E-state index in [1.54, 1.807) is 25.5 Å². The molecular weight excluding hydrogens is 442 g/mol. The number of aliphatic hydroxyl groups excluding tert-OH is 1. The van der Waals surface area contributed by atoms with Crippen LogP contribution in [0.1, 0.15) is 29.3 Å². The monoisotopic (exact) mass is 459 g/mol. The normalized spacial score (nSPS) is 12.0. The molecular formula is C19H18ClN7OS2. The average molecular weight is 460 g/mol. The van der Waals surface area contributed by atoms with Gasteiger partial charge in [-0.1, -0.05) is 6.07 Å². The van der Waals surface area contributed by atoms with Gasteiger partial charge in [0.1, 0.15) is 16.9 Å². The van der Waals surface area contributed by atoms with Crippen molar-refractivity contribution in [2.75, 3.05) is 10.6 Å². The van der Waals surface area contributed by atoms with Crippen molar-refractivity contribution in [3.8, 4) is 10.6 Å². The van der Waals surface area contributed by atoms with Gasteiger partial charge in [0.15, 0.2) is 5.13 Å². The molecule has 1 unspecified atom stereocenters. The molecule has 154 valence electrons. The van der Waals surface area contributed by atoms with Crippen LogP contribution in [0.25, 0.3) is 10.6 Å². The third-order valence-corrected chi connectivity index (χ3v) is 6.39. The van der Waals surface area contributed by atoms with Crippen LogP contribution in [0.3, 0.4) is 0 Å². The molecule has 30 heavy (non-hydrogen) atoms. The maximum atomic E-state index is 9.74. The second kappa shape index (κ2) is 9.00. The van der Waals surface area contributed by atoms with Crippen molar-refractivity contribution >= 4 is 50.9 Å². The van der Waals surface area contributed by atoms with E-state index in [1.165, 1.54) is 22.7 Å². The minimum absolute atomic E-state index is 0.219. The van der Waals surface area contributed by atoms with Crippen LogP contribution in [0, 0.1) is 6.92 Å². The highest BCUT2D eigenvalue weighted by Gasteiger charge is 2.15. The van der Waals surface area contributed by atoms with Crippen LogP contribution >= 0.6 is 34.3 Å². The van der Waals surface area contributed by atoms with E-state index in [-0.39, 0.29) is 5.28 Å². The first-order chi connectivity index (χ1) is 14.5. The number of aryl methyl sites for hydroxylation is 1. The van der Waals surface area contributed by atoms with Gasteiger partial charge in [0.05, 0.1) is 34.3 Å². The SMILES string of the molecule is Cc1nc(C(C)O)sc1-c1csc(Nc2ccc(CNc3cnc(Cl)nc3)cn2)n1. The average Bonchev–Trinajstić information content (AvgIpc) is 3.35. The number of rotatable bonds is 7. The van der Waals surface area contributed by atoms with Crippen molar-refractivity contribution in [1.29, 1.82) is 0 Å². The maximum Gasteiger partial charge on any atom is 0.222 e. The smallest absolute Gasteiger partial charge is 0.222 e. The van der Waals surface area contributed by atoms with Crippen molar-refractivity contribution in [3.63, 3.8) is 0 Å². The zero-order valence-electron chi connectivity index (χ0n) is 16.1. The summed E-state index contributed by atoms with van der Waals surface area (Å²) in [7, 11) is 0. The van der Waals surface area contributed by atoms with Crippen molar-refractivity contribution in [2.45, 2.75) is 26.5 Å². The summed E-state index contributed by atoms with van der Waals surface area (Å²) in [5.41, 5.74) is 3.51. The zero-order valence-corrected chi connectivity index (χ0v) is 18.5. The second-order valence-electron chi connectivity index (χ2n) is 6.45. The number of hydrogen-bond acceptors (Lipinski definition) is 10. The van der Waals surface area contributed by atoms with Crippen LogP contribution in [0.4, 0.5) is 16.6 Å². The second-order valence-corrected chi connectivity index (χ2v) is 8.68. The zero-order chi connectivity index (χ0) is 21.1. The Balaban J connectivity index is 1.38. The van der Waals surface area contributed by atoms with Crippen molar-refractivity contribution in [1.82, 2.24) is 24.9 Å². The Labute approximate surface area is 186 Å². The number of halogens is 1. The van der Waals surface area contributed by atoms with Gasteiger partial charge in [-0.25, -0.2) is 24.9 Å². The number of hydrogen-bond donors (Lipinski definition) is 3. The van der Waals surface area contributed by atoms with Gasteiger partial charge in [-0.3, -0.25) is 0 Å². The lowest BCUT2D eigenvalue weighted by Crippen LogP contribution is -2.01. The van der Waals surface area contributed by atoms with E-state index in [0.29, 0.717) is 17.4 Å². The van der Waals surface area contributed by atoms with Crippen LogP contribution < -0.4 is 10.6 Å². The van der Waals surface area contributed by atoms with E-state index in [1.807, 2.05) is 24.4 Å². The van der Waals surface area contributed by atoms with Crippen LogP contribution in [0.15, 0.2) is 36.1 Å². The predicted molar refractivity (Wildman–Crippen MR) is 120 cm³/mol. The summed E-state index contributed by atoms with van der Waals surface area (Å²) >= 11 is 8.65. The molecule has 8 nitrogen and oxygen atoms in total. The fourth-order valence-corrected chi connectivity index (χ4v) is 4.43. The Morgan fingerprint density at radius 2 is 1.93 bits per heavy atom. The molecule has 4 aromatic heterocycles. The first-order valence-corrected chi connectivity index (χ1v) is 11.1. The van der Waals surface area contributed by atoms with E-state index in [9.17, 15) is 5.11 Å². The largest absolute Gasteiger partial charge is 0.386 e. The van der Waals surface area contributed by atoms with Crippen LogP contribution in [0.2, 0.25) is 5.28 Å². The van der Waals surface area contributed by atoms with E-state index in [0.717, 1.165) is 32.6 Å². The summed E-state index contributed by atoms with van der Waals surface area (Å²) in [6.07, 6.45) is 4.48. The Morgan fingerprint density at radius 1 is 1.13 bits per heavy atom. The molecule has 4 rings (SSSR count). The van der Waals surface area contributed by atoms with Gasteiger partial charge in [0.2, 0.25) is 5.28 Å². The van der Waals surface area contributed by atoms with Gasteiger partial charge in [-0.05, 0) is 37.1 Å². The standard InChI is InChI=1S/C19H18ClN7OS2/c1-10-16(30-17(25-10)11(2)28)14-9-29-19(26-14)27-15-4-3-12(6-22-15)5-21-13-7-23-18(20)24-8-13/h3-4,6-9,11,21,28H,5H2,1-2H3,(H,22,26,27). The molecule has 0 spiro atoms. The fraction of sp³-hybridized carbons (Fsp3) is 0.211. The molecule has 3 N–H and O–H groups in total.